The van der Waals surface area contributed by atoms with Crippen molar-refractivity contribution in [3.05, 3.63) is 12.2 Å². The van der Waals surface area contributed by atoms with Crippen LogP contribution in [0.4, 0.5) is 0 Å². The van der Waals surface area contributed by atoms with Gasteiger partial charge in [0.25, 0.3) is 0 Å². The van der Waals surface area contributed by atoms with Crippen LogP contribution in [0.2, 0.25) is 0 Å². The minimum absolute atomic E-state index is 0.164. The minimum atomic E-state index is -0.553. The fourth-order valence-corrected chi connectivity index (χ4v) is 0.460. The fraction of sp³-hybridized carbons (Fsp3) is 0.571. The van der Waals surface area contributed by atoms with E-state index in [0.717, 1.165) is 0 Å². The summed E-state index contributed by atoms with van der Waals surface area (Å²) in [5.41, 5.74) is 0. The summed E-state index contributed by atoms with van der Waals surface area (Å²) in [6.07, 6.45) is 2.21. The van der Waals surface area contributed by atoms with Crippen LogP contribution in [0.3, 0.4) is 0 Å². The van der Waals surface area contributed by atoms with Gasteiger partial charge in [0, 0.05) is 12.6 Å². The SMILES string of the molecule is CCNC(=O)/C=C/C(C)O. The molecule has 0 aliphatic rings. The number of aliphatic hydroxyl groups excluding tert-OH is 1. The molecule has 1 unspecified atom stereocenters. The smallest absolute Gasteiger partial charge is 0.243 e. The van der Waals surface area contributed by atoms with E-state index in [9.17, 15) is 4.79 Å². The molecule has 0 fully saturated rings. The van der Waals surface area contributed by atoms with Crippen molar-refractivity contribution in [2.24, 2.45) is 0 Å². The number of nitrogens with one attached hydrogen (secondary N) is 1. The van der Waals surface area contributed by atoms with E-state index >= 15 is 0 Å². The summed E-state index contributed by atoms with van der Waals surface area (Å²) in [7, 11) is 0. The van der Waals surface area contributed by atoms with Crippen LogP contribution < -0.4 is 5.32 Å². The Morgan fingerprint density at radius 2 is 2.40 bits per heavy atom. The maximum Gasteiger partial charge on any atom is 0.243 e. The number of rotatable bonds is 3. The molecule has 0 rings (SSSR count). The zero-order valence-corrected chi connectivity index (χ0v) is 6.29. The van der Waals surface area contributed by atoms with Gasteiger partial charge in [-0.15, -0.1) is 0 Å². The molecule has 1 amide bonds. The van der Waals surface area contributed by atoms with E-state index in [1.165, 1.54) is 12.2 Å². The van der Waals surface area contributed by atoms with E-state index < -0.39 is 6.10 Å². The number of likely N-dealkylation sites (N-methyl/N-ethyl adjacent to an activating group) is 1. The van der Waals surface area contributed by atoms with E-state index in [1.807, 2.05) is 6.92 Å². The van der Waals surface area contributed by atoms with E-state index in [-0.39, 0.29) is 5.91 Å². The van der Waals surface area contributed by atoms with Gasteiger partial charge in [0.05, 0.1) is 6.10 Å². The highest BCUT2D eigenvalue weighted by Gasteiger charge is 1.91. The van der Waals surface area contributed by atoms with Crippen molar-refractivity contribution < 1.29 is 9.90 Å². The lowest BCUT2D eigenvalue weighted by atomic mass is 10.3. The first-order valence-corrected chi connectivity index (χ1v) is 3.31. The summed E-state index contributed by atoms with van der Waals surface area (Å²) in [5.74, 6) is -0.164. The van der Waals surface area contributed by atoms with Crippen molar-refractivity contribution in [2.45, 2.75) is 20.0 Å². The first-order chi connectivity index (χ1) is 4.66. The Labute approximate surface area is 60.7 Å². The zero-order chi connectivity index (χ0) is 7.98. The Balaban J connectivity index is 3.56. The summed E-state index contributed by atoms with van der Waals surface area (Å²) in [6, 6.07) is 0. The third-order valence-electron chi connectivity index (χ3n) is 0.877. The first-order valence-electron chi connectivity index (χ1n) is 3.31. The lowest BCUT2D eigenvalue weighted by molar-refractivity contribution is -0.116. The van der Waals surface area contributed by atoms with Crippen molar-refractivity contribution in [3.63, 3.8) is 0 Å². The number of carbonyl (C=O) groups excluding carboxylic acids is 1. The lowest BCUT2D eigenvalue weighted by Gasteiger charge is -1.95. The normalized spacial score (nSPS) is 13.5. The van der Waals surface area contributed by atoms with Crippen LogP contribution in [0, 0.1) is 0 Å². The number of carbonyl (C=O) groups is 1. The topological polar surface area (TPSA) is 49.3 Å². The molecular weight excluding hydrogens is 130 g/mol. The van der Waals surface area contributed by atoms with Gasteiger partial charge < -0.3 is 10.4 Å². The number of hydrogen-bond donors (Lipinski definition) is 2. The Hall–Kier alpha value is -0.830. The molecule has 0 aromatic carbocycles. The molecule has 3 nitrogen and oxygen atoms in total. The van der Waals surface area contributed by atoms with E-state index in [4.69, 9.17) is 5.11 Å². The highest BCUT2D eigenvalue weighted by atomic mass is 16.3. The maximum absolute atomic E-state index is 10.6. The summed E-state index contributed by atoms with van der Waals surface area (Å²) < 4.78 is 0. The largest absolute Gasteiger partial charge is 0.389 e. The quantitative estimate of drug-likeness (QED) is 0.549. The highest BCUT2D eigenvalue weighted by molar-refractivity contribution is 5.87. The predicted octanol–water partition coefficient (Wildman–Crippen LogP) is 0.0595. The van der Waals surface area contributed by atoms with E-state index in [1.54, 1.807) is 6.92 Å². The van der Waals surface area contributed by atoms with Gasteiger partial charge in [0.2, 0.25) is 5.91 Å². The summed E-state index contributed by atoms with van der Waals surface area (Å²) in [6.45, 7) is 4.05. The third kappa shape index (κ3) is 5.31. The molecule has 0 saturated carbocycles. The number of aliphatic hydroxyl groups is 1. The number of hydrogen-bond acceptors (Lipinski definition) is 2. The monoisotopic (exact) mass is 143 g/mol. The second-order valence-electron chi connectivity index (χ2n) is 1.99. The molecule has 0 aliphatic carbocycles. The molecule has 2 N–H and O–H groups in total. The van der Waals surface area contributed by atoms with Gasteiger partial charge in [-0.2, -0.15) is 0 Å². The van der Waals surface area contributed by atoms with Crippen molar-refractivity contribution in [3.8, 4) is 0 Å². The minimum Gasteiger partial charge on any atom is -0.389 e. The van der Waals surface area contributed by atoms with Crippen LogP contribution in [0.1, 0.15) is 13.8 Å². The van der Waals surface area contributed by atoms with E-state index in [0.29, 0.717) is 6.54 Å². The second-order valence-corrected chi connectivity index (χ2v) is 1.99. The van der Waals surface area contributed by atoms with Crippen molar-refractivity contribution in [1.82, 2.24) is 5.32 Å². The molecule has 0 aromatic rings. The molecule has 0 aromatic heterocycles. The molecule has 0 heterocycles. The highest BCUT2D eigenvalue weighted by Crippen LogP contribution is 1.81. The van der Waals surface area contributed by atoms with Crippen LogP contribution >= 0.6 is 0 Å². The van der Waals surface area contributed by atoms with Crippen LogP contribution in [-0.2, 0) is 4.79 Å². The average Bonchev–Trinajstić information content (AvgIpc) is 1.85. The molecule has 0 aliphatic heterocycles. The van der Waals surface area contributed by atoms with Gasteiger partial charge >= 0.3 is 0 Å². The van der Waals surface area contributed by atoms with Gasteiger partial charge in [-0.1, -0.05) is 6.08 Å². The van der Waals surface area contributed by atoms with Crippen LogP contribution in [0.15, 0.2) is 12.2 Å². The Kier molecular flexibility index (Phi) is 4.58. The second kappa shape index (κ2) is 4.99. The van der Waals surface area contributed by atoms with Gasteiger partial charge in [-0.3, -0.25) is 4.79 Å². The maximum atomic E-state index is 10.6. The van der Waals surface area contributed by atoms with Gasteiger partial charge in [0.15, 0.2) is 0 Å². The lowest BCUT2D eigenvalue weighted by Crippen LogP contribution is -2.20. The van der Waals surface area contributed by atoms with Gasteiger partial charge in [-0.05, 0) is 13.8 Å². The van der Waals surface area contributed by atoms with Crippen LogP contribution in [-0.4, -0.2) is 23.7 Å². The first kappa shape index (κ1) is 9.17. The summed E-state index contributed by atoms with van der Waals surface area (Å²) in [4.78, 5) is 10.6. The van der Waals surface area contributed by atoms with E-state index in [2.05, 4.69) is 5.32 Å². The zero-order valence-electron chi connectivity index (χ0n) is 6.29. The Morgan fingerprint density at radius 1 is 1.80 bits per heavy atom. The Morgan fingerprint density at radius 3 is 2.80 bits per heavy atom. The predicted molar refractivity (Wildman–Crippen MR) is 39.5 cm³/mol. The molecular formula is C7H13NO2. The summed E-state index contributed by atoms with van der Waals surface area (Å²) in [5, 5.41) is 11.3. The van der Waals surface area contributed by atoms with Crippen LogP contribution in [0.25, 0.3) is 0 Å². The molecule has 3 heteroatoms. The van der Waals surface area contributed by atoms with Crippen molar-refractivity contribution >= 4 is 5.91 Å². The fourth-order valence-electron chi connectivity index (χ4n) is 0.460. The van der Waals surface area contributed by atoms with Crippen molar-refractivity contribution in [2.75, 3.05) is 6.54 Å². The summed E-state index contributed by atoms with van der Waals surface area (Å²) >= 11 is 0. The van der Waals surface area contributed by atoms with Crippen LogP contribution in [0.5, 0.6) is 0 Å². The molecule has 0 saturated heterocycles. The molecule has 0 radical (unpaired) electrons. The molecule has 0 spiro atoms. The molecule has 58 valence electrons. The van der Waals surface area contributed by atoms with Crippen molar-refractivity contribution in [1.29, 1.82) is 0 Å². The van der Waals surface area contributed by atoms with Gasteiger partial charge in [0.1, 0.15) is 0 Å². The van der Waals surface area contributed by atoms with Gasteiger partial charge in [-0.25, -0.2) is 0 Å². The average molecular weight is 143 g/mol. The molecule has 0 bridgehead atoms. The number of amides is 1. The molecule has 10 heavy (non-hydrogen) atoms. The Bertz CT molecular complexity index is 130. The standard InChI is InChI=1S/C7H13NO2/c1-3-8-7(10)5-4-6(2)9/h4-6,9H,3H2,1-2H3,(H,8,10)/b5-4+. The molecule has 1 atom stereocenters. The third-order valence-corrected chi connectivity index (χ3v) is 0.877.